The number of piperazine rings is 1. The van der Waals surface area contributed by atoms with Crippen molar-refractivity contribution < 1.29 is 18.0 Å². The summed E-state index contributed by atoms with van der Waals surface area (Å²) in [4.78, 5) is 31.9. The molecule has 3 heterocycles. The SMILES string of the molecule is Cc1cccc(NC(=O)CN2CCN(C(=O)C3CCN([C@H]4CCS(=O)(=O)C4)CC3)CC2)c1C. The Morgan fingerprint density at radius 3 is 2.33 bits per heavy atom. The second-order valence-corrected chi connectivity index (χ2v) is 12.0. The topological polar surface area (TPSA) is 90.0 Å². The number of carbonyl (C=O) groups excluding carboxylic acids is 2. The minimum Gasteiger partial charge on any atom is -0.340 e. The second-order valence-electron chi connectivity index (χ2n) is 9.76. The lowest BCUT2D eigenvalue weighted by Crippen LogP contribution is -2.53. The van der Waals surface area contributed by atoms with E-state index in [1.165, 1.54) is 0 Å². The maximum atomic E-state index is 13.0. The number of rotatable bonds is 5. The number of nitrogens with zero attached hydrogens (tertiary/aromatic N) is 3. The summed E-state index contributed by atoms with van der Waals surface area (Å²) in [7, 11) is -2.88. The van der Waals surface area contributed by atoms with E-state index in [2.05, 4.69) is 15.1 Å². The summed E-state index contributed by atoms with van der Waals surface area (Å²) in [6.45, 7) is 8.67. The van der Waals surface area contributed by atoms with Crippen LogP contribution in [-0.2, 0) is 19.4 Å². The number of benzene rings is 1. The fourth-order valence-electron chi connectivity index (χ4n) is 5.24. The van der Waals surface area contributed by atoms with Gasteiger partial charge in [-0.15, -0.1) is 0 Å². The molecule has 1 N–H and O–H groups in total. The highest BCUT2D eigenvalue weighted by Gasteiger charge is 2.36. The highest BCUT2D eigenvalue weighted by molar-refractivity contribution is 7.91. The molecule has 2 amide bonds. The van der Waals surface area contributed by atoms with Crippen LogP contribution in [0.2, 0.25) is 0 Å². The molecule has 1 aromatic rings. The second kappa shape index (κ2) is 10.1. The van der Waals surface area contributed by atoms with Gasteiger partial charge in [0.25, 0.3) is 0 Å². The molecule has 0 saturated carbocycles. The third-order valence-corrected chi connectivity index (χ3v) is 9.28. The maximum Gasteiger partial charge on any atom is 0.238 e. The van der Waals surface area contributed by atoms with E-state index in [4.69, 9.17) is 0 Å². The first-order valence-corrected chi connectivity index (χ1v) is 13.9. The lowest BCUT2D eigenvalue weighted by Gasteiger charge is -2.39. The van der Waals surface area contributed by atoms with Gasteiger partial charge in [-0.1, -0.05) is 12.1 Å². The first kappa shape index (κ1) is 24.2. The lowest BCUT2D eigenvalue weighted by atomic mass is 9.94. The van der Waals surface area contributed by atoms with E-state index in [0.717, 1.165) is 49.2 Å². The Kier molecular flexibility index (Phi) is 7.40. The van der Waals surface area contributed by atoms with Crippen LogP contribution in [0, 0.1) is 19.8 Å². The highest BCUT2D eigenvalue weighted by Crippen LogP contribution is 2.26. The van der Waals surface area contributed by atoms with Crippen LogP contribution in [0.4, 0.5) is 5.69 Å². The van der Waals surface area contributed by atoms with Crippen molar-refractivity contribution in [1.29, 1.82) is 0 Å². The number of anilines is 1. The van der Waals surface area contributed by atoms with Gasteiger partial charge in [-0.05, 0) is 63.4 Å². The van der Waals surface area contributed by atoms with Crippen molar-refractivity contribution in [3.63, 3.8) is 0 Å². The molecular weight excluding hydrogens is 440 g/mol. The Hall–Kier alpha value is -1.97. The Labute approximate surface area is 197 Å². The Morgan fingerprint density at radius 1 is 1.00 bits per heavy atom. The Balaban J connectivity index is 1.19. The first-order valence-electron chi connectivity index (χ1n) is 12.0. The lowest BCUT2D eigenvalue weighted by molar-refractivity contribution is -0.139. The molecule has 0 bridgehead atoms. The fraction of sp³-hybridized carbons (Fsp3) is 0.667. The third-order valence-electron chi connectivity index (χ3n) is 7.53. The van der Waals surface area contributed by atoms with E-state index >= 15 is 0 Å². The van der Waals surface area contributed by atoms with Gasteiger partial charge in [-0.2, -0.15) is 0 Å². The van der Waals surface area contributed by atoms with Gasteiger partial charge in [-0.3, -0.25) is 19.4 Å². The Bertz CT molecular complexity index is 980. The van der Waals surface area contributed by atoms with Crippen LogP contribution < -0.4 is 5.32 Å². The van der Waals surface area contributed by atoms with Gasteiger partial charge in [0.05, 0.1) is 18.1 Å². The van der Waals surface area contributed by atoms with Crippen molar-refractivity contribution in [2.45, 2.75) is 39.2 Å². The number of aryl methyl sites for hydroxylation is 1. The van der Waals surface area contributed by atoms with Gasteiger partial charge >= 0.3 is 0 Å². The summed E-state index contributed by atoms with van der Waals surface area (Å²) >= 11 is 0. The molecule has 1 atom stereocenters. The highest BCUT2D eigenvalue weighted by atomic mass is 32.2. The molecule has 33 heavy (non-hydrogen) atoms. The van der Waals surface area contributed by atoms with Crippen LogP contribution in [0.3, 0.4) is 0 Å². The molecule has 0 aliphatic carbocycles. The summed E-state index contributed by atoms with van der Waals surface area (Å²) in [5, 5.41) is 3.01. The smallest absolute Gasteiger partial charge is 0.238 e. The van der Waals surface area contributed by atoms with Gasteiger partial charge in [-0.25, -0.2) is 8.42 Å². The van der Waals surface area contributed by atoms with Crippen molar-refractivity contribution >= 4 is 27.3 Å². The summed E-state index contributed by atoms with van der Waals surface area (Å²) in [6, 6.07) is 6.03. The van der Waals surface area contributed by atoms with Crippen LogP contribution in [0.1, 0.15) is 30.4 Å². The number of piperidine rings is 1. The van der Waals surface area contributed by atoms with E-state index < -0.39 is 9.84 Å². The van der Waals surface area contributed by atoms with Crippen LogP contribution in [-0.4, -0.2) is 98.3 Å². The zero-order chi connectivity index (χ0) is 23.6. The summed E-state index contributed by atoms with van der Waals surface area (Å²) in [5.41, 5.74) is 3.09. The van der Waals surface area contributed by atoms with Crippen molar-refractivity contribution in [3.05, 3.63) is 29.3 Å². The minimum absolute atomic E-state index is 0.0234. The van der Waals surface area contributed by atoms with Crippen molar-refractivity contribution in [1.82, 2.24) is 14.7 Å². The van der Waals surface area contributed by atoms with Crippen molar-refractivity contribution in [3.8, 4) is 0 Å². The molecule has 3 aliphatic rings. The molecule has 3 fully saturated rings. The molecule has 0 unspecified atom stereocenters. The van der Waals surface area contributed by atoms with E-state index in [0.29, 0.717) is 38.5 Å². The molecule has 182 valence electrons. The molecule has 0 spiro atoms. The quantitative estimate of drug-likeness (QED) is 0.689. The molecule has 1 aromatic carbocycles. The maximum absolute atomic E-state index is 13.0. The summed E-state index contributed by atoms with van der Waals surface area (Å²) in [5.74, 6) is 0.782. The summed E-state index contributed by atoms with van der Waals surface area (Å²) in [6.07, 6.45) is 2.32. The van der Waals surface area contributed by atoms with Crippen LogP contribution in [0.15, 0.2) is 18.2 Å². The number of hydrogen-bond acceptors (Lipinski definition) is 6. The number of nitrogens with one attached hydrogen (secondary N) is 1. The first-order chi connectivity index (χ1) is 15.7. The van der Waals surface area contributed by atoms with E-state index in [-0.39, 0.29) is 29.5 Å². The van der Waals surface area contributed by atoms with E-state index in [9.17, 15) is 18.0 Å². The zero-order valence-corrected chi connectivity index (χ0v) is 20.6. The molecule has 8 nitrogen and oxygen atoms in total. The van der Waals surface area contributed by atoms with E-state index in [1.807, 2.05) is 36.9 Å². The van der Waals surface area contributed by atoms with Gasteiger partial charge in [0.1, 0.15) is 0 Å². The molecule has 0 radical (unpaired) electrons. The predicted octanol–water partition coefficient (Wildman–Crippen LogP) is 1.29. The average Bonchev–Trinajstić information content (AvgIpc) is 3.17. The molecule has 3 aliphatic heterocycles. The van der Waals surface area contributed by atoms with Gasteiger partial charge in [0.15, 0.2) is 9.84 Å². The molecule has 3 saturated heterocycles. The number of carbonyl (C=O) groups is 2. The number of likely N-dealkylation sites (tertiary alicyclic amines) is 1. The third kappa shape index (κ3) is 5.94. The number of amides is 2. The van der Waals surface area contributed by atoms with Gasteiger partial charge < -0.3 is 10.2 Å². The fourth-order valence-corrected chi connectivity index (χ4v) is 7.00. The predicted molar refractivity (Wildman–Crippen MR) is 129 cm³/mol. The number of hydrogen-bond donors (Lipinski definition) is 1. The van der Waals surface area contributed by atoms with Gasteiger partial charge in [0.2, 0.25) is 11.8 Å². The monoisotopic (exact) mass is 476 g/mol. The largest absolute Gasteiger partial charge is 0.340 e. The molecule has 4 rings (SSSR count). The van der Waals surface area contributed by atoms with Crippen LogP contribution >= 0.6 is 0 Å². The van der Waals surface area contributed by atoms with Crippen molar-refractivity contribution in [2.24, 2.45) is 5.92 Å². The molecular formula is C24H36N4O4S. The average molecular weight is 477 g/mol. The summed E-state index contributed by atoms with van der Waals surface area (Å²) < 4.78 is 23.5. The van der Waals surface area contributed by atoms with Gasteiger partial charge in [0, 0.05) is 43.8 Å². The number of sulfone groups is 1. The normalized spacial score (nSPS) is 24.7. The zero-order valence-electron chi connectivity index (χ0n) is 19.8. The standard InChI is InChI=1S/C24H36N4O4S/c1-18-4-3-5-22(19(18)2)25-23(29)16-26-11-13-28(14-12-26)24(30)20-6-9-27(10-7-20)21-8-15-33(31,32)17-21/h3-5,20-21H,6-17H2,1-2H3,(H,25,29)/t21-/m0/s1. The minimum atomic E-state index is -2.88. The Morgan fingerprint density at radius 2 is 1.70 bits per heavy atom. The molecule has 0 aromatic heterocycles. The van der Waals surface area contributed by atoms with E-state index in [1.54, 1.807) is 0 Å². The van der Waals surface area contributed by atoms with Crippen LogP contribution in [0.5, 0.6) is 0 Å². The molecule has 9 heteroatoms. The van der Waals surface area contributed by atoms with Crippen LogP contribution in [0.25, 0.3) is 0 Å². The van der Waals surface area contributed by atoms with Crippen molar-refractivity contribution in [2.75, 3.05) is 62.6 Å².